The Kier molecular flexibility index (Phi) is 6.96. The molecule has 4 rings (SSSR count). The van der Waals surface area contributed by atoms with E-state index in [1.54, 1.807) is 24.3 Å². The quantitative estimate of drug-likeness (QED) is 0.358. The summed E-state index contributed by atoms with van der Waals surface area (Å²) < 4.78 is 18.8. The number of carbonyl (C=O) groups is 2. The Morgan fingerprint density at radius 3 is 2.47 bits per heavy atom. The van der Waals surface area contributed by atoms with Crippen LogP contribution in [0, 0.1) is 5.82 Å². The summed E-state index contributed by atoms with van der Waals surface area (Å²) in [6, 6.07) is 9.02. The lowest BCUT2D eigenvalue weighted by Crippen LogP contribution is -2.44. The Morgan fingerprint density at radius 1 is 1.00 bits per heavy atom. The van der Waals surface area contributed by atoms with E-state index in [-0.39, 0.29) is 18.3 Å². The molecule has 3 heterocycles. The topological polar surface area (TPSA) is 72.6 Å². The Labute approximate surface area is 186 Å². The van der Waals surface area contributed by atoms with E-state index in [1.165, 1.54) is 23.2 Å². The lowest BCUT2D eigenvalue weighted by molar-refractivity contribution is -0.125. The molecule has 32 heavy (non-hydrogen) atoms. The van der Waals surface area contributed by atoms with Crippen LogP contribution in [0.3, 0.4) is 0 Å². The van der Waals surface area contributed by atoms with Crippen molar-refractivity contribution in [1.82, 2.24) is 19.7 Å². The van der Waals surface area contributed by atoms with Crippen LogP contribution in [-0.4, -0.2) is 90.7 Å². The van der Waals surface area contributed by atoms with Crippen molar-refractivity contribution in [1.29, 1.82) is 0 Å². The molecule has 0 N–H and O–H groups in total. The van der Waals surface area contributed by atoms with Gasteiger partial charge < -0.3 is 14.2 Å². The molecule has 0 bridgehead atoms. The fraction of sp³-hybridized carbons (Fsp3) is 0.435. The van der Waals surface area contributed by atoms with E-state index in [2.05, 4.69) is 21.9 Å². The summed E-state index contributed by atoms with van der Waals surface area (Å²) >= 11 is 0. The monoisotopic (exact) mass is 441 g/mol. The van der Waals surface area contributed by atoms with E-state index < -0.39 is 6.03 Å². The van der Waals surface area contributed by atoms with E-state index >= 15 is 0 Å². The van der Waals surface area contributed by atoms with Crippen molar-refractivity contribution in [3.63, 3.8) is 0 Å². The second-order valence-electron chi connectivity index (χ2n) is 8.19. The third-order valence-corrected chi connectivity index (χ3v) is 5.82. The lowest BCUT2D eigenvalue weighted by Gasteiger charge is -2.32. The van der Waals surface area contributed by atoms with Crippen molar-refractivity contribution >= 4 is 18.2 Å². The average molecular weight is 442 g/mol. The standard InChI is InChI=1S/C23H28FN5O3/c1-26-12-14-27(15-13-26)10-2-3-11-28-22(30)17-29(23(28)31)25-16-20-8-9-21(32-20)18-4-6-19(24)7-5-18/h4-9,16H,2-3,10-15,17H2,1H3. The van der Waals surface area contributed by atoms with Gasteiger partial charge in [-0.05, 0) is 62.8 Å². The minimum absolute atomic E-state index is 0.0701. The first-order valence-corrected chi connectivity index (χ1v) is 10.9. The molecular formula is C23H28FN5O3. The molecule has 8 nitrogen and oxygen atoms in total. The summed E-state index contributed by atoms with van der Waals surface area (Å²) in [7, 11) is 2.13. The van der Waals surface area contributed by atoms with Crippen LogP contribution < -0.4 is 0 Å². The molecular weight excluding hydrogens is 413 g/mol. The highest BCUT2D eigenvalue weighted by Gasteiger charge is 2.35. The van der Waals surface area contributed by atoms with Crippen LogP contribution in [0.15, 0.2) is 45.9 Å². The molecule has 170 valence electrons. The van der Waals surface area contributed by atoms with Crippen LogP contribution in [0.2, 0.25) is 0 Å². The number of urea groups is 1. The number of imide groups is 1. The van der Waals surface area contributed by atoms with Crippen LogP contribution in [0.4, 0.5) is 9.18 Å². The minimum Gasteiger partial charge on any atom is -0.455 e. The van der Waals surface area contributed by atoms with Gasteiger partial charge in [-0.3, -0.25) is 9.69 Å². The molecule has 0 spiro atoms. The van der Waals surface area contributed by atoms with Gasteiger partial charge in [-0.1, -0.05) is 0 Å². The van der Waals surface area contributed by atoms with E-state index in [0.29, 0.717) is 18.1 Å². The number of nitrogens with zero attached hydrogens (tertiary/aromatic N) is 5. The molecule has 0 radical (unpaired) electrons. The molecule has 3 amide bonds. The van der Waals surface area contributed by atoms with Crippen molar-refractivity contribution in [3.8, 4) is 11.3 Å². The molecule has 0 atom stereocenters. The van der Waals surface area contributed by atoms with Gasteiger partial charge in [0.2, 0.25) is 0 Å². The lowest BCUT2D eigenvalue weighted by atomic mass is 10.2. The van der Waals surface area contributed by atoms with Crippen LogP contribution >= 0.6 is 0 Å². The van der Waals surface area contributed by atoms with Crippen LogP contribution in [0.25, 0.3) is 11.3 Å². The molecule has 0 saturated carbocycles. The number of benzene rings is 1. The first kappa shape index (κ1) is 22.2. The van der Waals surface area contributed by atoms with Gasteiger partial charge in [-0.25, -0.2) is 14.2 Å². The fourth-order valence-corrected chi connectivity index (χ4v) is 3.83. The predicted molar refractivity (Wildman–Crippen MR) is 119 cm³/mol. The number of hydrogen-bond donors (Lipinski definition) is 0. The molecule has 1 aromatic carbocycles. The molecule has 1 aromatic heterocycles. The molecule has 9 heteroatoms. The SMILES string of the molecule is CN1CCN(CCCCN2C(=O)CN(N=Cc3ccc(-c4ccc(F)cc4)o3)C2=O)CC1. The van der Waals surface area contributed by atoms with Gasteiger partial charge in [0, 0.05) is 38.3 Å². The van der Waals surface area contributed by atoms with E-state index in [4.69, 9.17) is 4.42 Å². The molecule has 2 fully saturated rings. The number of hydrazone groups is 1. The number of unbranched alkanes of at least 4 members (excludes halogenated alkanes) is 1. The normalized spacial score (nSPS) is 18.4. The summed E-state index contributed by atoms with van der Waals surface area (Å²) in [5, 5.41) is 5.29. The van der Waals surface area contributed by atoms with Gasteiger partial charge in [-0.2, -0.15) is 5.10 Å². The van der Waals surface area contributed by atoms with Crippen molar-refractivity contribution in [2.45, 2.75) is 12.8 Å². The van der Waals surface area contributed by atoms with Crippen molar-refractivity contribution in [3.05, 3.63) is 48.0 Å². The number of likely N-dealkylation sites (N-methyl/N-ethyl adjacent to an activating group) is 1. The Balaban J connectivity index is 1.25. The maximum absolute atomic E-state index is 13.1. The highest BCUT2D eigenvalue weighted by molar-refractivity contribution is 6.02. The summed E-state index contributed by atoms with van der Waals surface area (Å²) in [6.07, 6.45) is 3.14. The largest absolute Gasteiger partial charge is 0.455 e. The number of amides is 3. The maximum atomic E-state index is 13.1. The average Bonchev–Trinajstić information content (AvgIpc) is 3.36. The van der Waals surface area contributed by atoms with Crippen molar-refractivity contribution < 1.29 is 18.4 Å². The second kappa shape index (κ2) is 10.1. The molecule has 2 saturated heterocycles. The van der Waals surface area contributed by atoms with Gasteiger partial charge >= 0.3 is 6.03 Å². The van der Waals surface area contributed by atoms with Crippen LogP contribution in [0.5, 0.6) is 0 Å². The zero-order chi connectivity index (χ0) is 22.5. The number of hydrogen-bond acceptors (Lipinski definition) is 6. The van der Waals surface area contributed by atoms with Crippen LogP contribution in [-0.2, 0) is 4.79 Å². The number of piperazine rings is 1. The molecule has 2 aliphatic heterocycles. The molecule has 2 aliphatic rings. The maximum Gasteiger partial charge on any atom is 0.347 e. The smallest absolute Gasteiger partial charge is 0.347 e. The second-order valence-corrected chi connectivity index (χ2v) is 8.19. The molecule has 2 aromatic rings. The van der Waals surface area contributed by atoms with Gasteiger partial charge in [0.15, 0.2) is 0 Å². The van der Waals surface area contributed by atoms with Gasteiger partial charge in [-0.15, -0.1) is 0 Å². The van der Waals surface area contributed by atoms with E-state index in [9.17, 15) is 14.0 Å². The summed E-state index contributed by atoms with van der Waals surface area (Å²) in [6.45, 7) is 5.62. The van der Waals surface area contributed by atoms with Crippen molar-refractivity contribution in [2.75, 3.05) is 52.9 Å². The molecule has 0 aliphatic carbocycles. The first-order chi connectivity index (χ1) is 15.5. The third-order valence-electron chi connectivity index (χ3n) is 5.82. The van der Waals surface area contributed by atoms with Crippen LogP contribution in [0.1, 0.15) is 18.6 Å². The van der Waals surface area contributed by atoms with Gasteiger partial charge in [0.1, 0.15) is 23.9 Å². The van der Waals surface area contributed by atoms with E-state index in [1.807, 2.05) is 0 Å². The summed E-state index contributed by atoms with van der Waals surface area (Å²) in [4.78, 5) is 30.9. The Hall–Kier alpha value is -3.04. The minimum atomic E-state index is -0.406. The summed E-state index contributed by atoms with van der Waals surface area (Å²) in [5.41, 5.74) is 0.737. The Morgan fingerprint density at radius 2 is 1.72 bits per heavy atom. The van der Waals surface area contributed by atoms with E-state index in [0.717, 1.165) is 56.1 Å². The summed E-state index contributed by atoms with van der Waals surface area (Å²) in [5.74, 6) is 0.453. The Bertz CT molecular complexity index is 966. The fourth-order valence-electron chi connectivity index (χ4n) is 3.83. The number of furan rings is 1. The van der Waals surface area contributed by atoms with Gasteiger partial charge in [0.25, 0.3) is 5.91 Å². The highest BCUT2D eigenvalue weighted by Crippen LogP contribution is 2.22. The number of carbonyl (C=O) groups excluding carboxylic acids is 2. The predicted octanol–water partition coefficient (Wildman–Crippen LogP) is 2.71. The highest BCUT2D eigenvalue weighted by atomic mass is 19.1. The number of rotatable bonds is 8. The zero-order valence-electron chi connectivity index (χ0n) is 18.2. The van der Waals surface area contributed by atoms with Gasteiger partial charge in [0.05, 0.1) is 6.21 Å². The zero-order valence-corrected chi connectivity index (χ0v) is 18.2. The first-order valence-electron chi connectivity index (χ1n) is 10.9. The van der Waals surface area contributed by atoms with Crippen molar-refractivity contribution in [2.24, 2.45) is 5.10 Å². The third kappa shape index (κ3) is 5.41. The molecule has 0 unspecified atom stereocenters. The number of halogens is 1.